The van der Waals surface area contributed by atoms with Gasteiger partial charge in [0.25, 0.3) is 0 Å². The molecule has 0 bridgehead atoms. The summed E-state index contributed by atoms with van der Waals surface area (Å²) < 4.78 is 7.42. The minimum atomic E-state index is -0.352. The largest absolute Gasteiger partial charge is 0.331 e. The van der Waals surface area contributed by atoms with E-state index in [-0.39, 0.29) is 18.2 Å². The lowest BCUT2D eigenvalue weighted by Crippen LogP contribution is -2.42. The highest BCUT2D eigenvalue weighted by Gasteiger charge is 2.37. The molecule has 1 fully saturated rings. The maximum atomic E-state index is 13.5. The molecule has 3 aromatic heterocycles. The Labute approximate surface area is 229 Å². The standard InChI is InChI=1S/C27H27N9O2S/c1-18-24(20-13-28-34(2)14-20)32-36(22-11-7-4-8-12-22)26(18)30-27(37)29-23-16-35(15-21-17-39-33-31-21)38-25(23)19-9-5-3-6-10-19/h3-14,17,23,25H,15-16H2,1-2H3,(H2,29,30,37)/t23-,25+/m1/s1. The van der Waals surface area contributed by atoms with E-state index in [1.54, 1.807) is 15.6 Å². The maximum absolute atomic E-state index is 13.5. The molecule has 11 nitrogen and oxygen atoms in total. The molecule has 2 N–H and O–H groups in total. The predicted octanol–water partition coefficient (Wildman–Crippen LogP) is 4.11. The van der Waals surface area contributed by atoms with Crippen molar-refractivity contribution in [3.63, 3.8) is 0 Å². The number of carbonyl (C=O) groups excluding carboxylic acids is 1. The Balaban J connectivity index is 1.26. The number of amides is 2. The van der Waals surface area contributed by atoms with Crippen LogP contribution >= 0.6 is 11.5 Å². The Morgan fingerprint density at radius 1 is 1.13 bits per heavy atom. The van der Waals surface area contributed by atoms with Crippen LogP contribution in [-0.4, -0.2) is 52.8 Å². The Morgan fingerprint density at radius 2 is 1.90 bits per heavy atom. The molecule has 12 heteroatoms. The van der Waals surface area contributed by atoms with Crippen LogP contribution in [0.25, 0.3) is 16.9 Å². The number of aromatic nitrogens is 6. The average molecular weight is 542 g/mol. The molecule has 1 aliphatic rings. The van der Waals surface area contributed by atoms with Crippen molar-refractivity contribution in [1.82, 2.24) is 39.5 Å². The number of hydrogen-bond donors (Lipinski definition) is 2. The van der Waals surface area contributed by atoms with Crippen LogP contribution in [0.4, 0.5) is 10.6 Å². The summed E-state index contributed by atoms with van der Waals surface area (Å²) in [6.07, 6.45) is 3.32. The molecule has 1 aliphatic heterocycles. The molecule has 2 atom stereocenters. The number of carbonyl (C=O) groups is 1. The van der Waals surface area contributed by atoms with E-state index >= 15 is 0 Å². The molecule has 4 heterocycles. The second-order valence-electron chi connectivity index (χ2n) is 9.33. The topological polar surface area (TPSA) is 115 Å². The van der Waals surface area contributed by atoms with Crippen LogP contribution < -0.4 is 10.6 Å². The first-order valence-corrected chi connectivity index (χ1v) is 13.3. The lowest BCUT2D eigenvalue weighted by Gasteiger charge is -2.19. The fraction of sp³-hybridized carbons (Fsp3) is 0.222. The summed E-state index contributed by atoms with van der Waals surface area (Å²) in [5.74, 6) is 0.582. The molecule has 2 amide bonds. The van der Waals surface area contributed by atoms with Gasteiger partial charge in [0, 0.05) is 36.3 Å². The molecule has 0 saturated carbocycles. The molecule has 0 aliphatic carbocycles. The molecular weight excluding hydrogens is 514 g/mol. The first-order chi connectivity index (χ1) is 19.0. The van der Waals surface area contributed by atoms with Gasteiger partial charge in [-0.3, -0.25) is 14.8 Å². The van der Waals surface area contributed by atoms with Gasteiger partial charge in [0.1, 0.15) is 17.6 Å². The number of aryl methyl sites for hydroxylation is 1. The minimum absolute atomic E-state index is 0.301. The van der Waals surface area contributed by atoms with E-state index < -0.39 is 0 Å². The van der Waals surface area contributed by atoms with E-state index in [0.29, 0.717) is 18.9 Å². The van der Waals surface area contributed by atoms with Crippen LogP contribution in [0.3, 0.4) is 0 Å². The molecule has 2 aromatic carbocycles. The zero-order chi connectivity index (χ0) is 26.8. The fourth-order valence-corrected chi connectivity index (χ4v) is 5.16. The second-order valence-corrected chi connectivity index (χ2v) is 9.94. The van der Waals surface area contributed by atoms with Gasteiger partial charge in [0.15, 0.2) is 0 Å². The Bertz CT molecular complexity index is 1550. The van der Waals surface area contributed by atoms with Crippen LogP contribution in [0.5, 0.6) is 0 Å². The Morgan fingerprint density at radius 3 is 2.59 bits per heavy atom. The summed E-state index contributed by atoms with van der Waals surface area (Å²) >= 11 is 1.30. The number of nitrogens with zero attached hydrogens (tertiary/aromatic N) is 7. The van der Waals surface area contributed by atoms with Crippen LogP contribution in [0.1, 0.15) is 22.9 Å². The SMILES string of the molecule is Cc1c(-c2cnn(C)c2)nn(-c2ccccc2)c1NC(=O)N[C@@H]1CN(Cc2csnn2)O[C@H]1c1ccccc1. The van der Waals surface area contributed by atoms with Gasteiger partial charge in [-0.2, -0.15) is 15.3 Å². The van der Waals surface area contributed by atoms with Gasteiger partial charge in [-0.05, 0) is 36.2 Å². The molecule has 0 spiro atoms. The van der Waals surface area contributed by atoms with E-state index in [2.05, 4.69) is 25.3 Å². The smallest absolute Gasteiger partial charge is 0.320 e. The fourth-order valence-electron chi connectivity index (χ4n) is 4.71. The number of hydrogen-bond acceptors (Lipinski definition) is 8. The predicted molar refractivity (Wildman–Crippen MR) is 147 cm³/mol. The quantitative estimate of drug-likeness (QED) is 0.319. The van der Waals surface area contributed by atoms with Crippen molar-refractivity contribution in [3.05, 3.63) is 95.3 Å². The first kappa shape index (κ1) is 24.9. The number of rotatable bonds is 7. The van der Waals surface area contributed by atoms with E-state index in [0.717, 1.165) is 33.8 Å². The molecule has 0 unspecified atom stereocenters. The average Bonchev–Trinajstić information content (AvgIpc) is 3.75. The molecular formula is C27H27N9O2S. The van der Waals surface area contributed by atoms with Gasteiger partial charge in [-0.1, -0.05) is 53.0 Å². The van der Waals surface area contributed by atoms with E-state index in [4.69, 9.17) is 9.94 Å². The highest BCUT2D eigenvalue weighted by Crippen LogP contribution is 2.32. The maximum Gasteiger partial charge on any atom is 0.320 e. The van der Waals surface area contributed by atoms with Crippen LogP contribution in [0.2, 0.25) is 0 Å². The minimum Gasteiger partial charge on any atom is -0.331 e. The van der Waals surface area contributed by atoms with Crippen LogP contribution in [-0.2, 0) is 18.4 Å². The van der Waals surface area contributed by atoms with Crippen molar-refractivity contribution < 1.29 is 9.63 Å². The highest BCUT2D eigenvalue weighted by molar-refractivity contribution is 7.03. The zero-order valence-corrected chi connectivity index (χ0v) is 22.2. The number of nitrogens with one attached hydrogen (secondary N) is 2. The van der Waals surface area contributed by atoms with E-state index in [1.807, 2.05) is 91.3 Å². The molecule has 39 heavy (non-hydrogen) atoms. The van der Waals surface area contributed by atoms with E-state index in [1.165, 1.54) is 11.5 Å². The number of urea groups is 1. The van der Waals surface area contributed by atoms with Crippen LogP contribution in [0.15, 0.2) is 78.4 Å². The summed E-state index contributed by atoms with van der Waals surface area (Å²) in [6, 6.07) is 18.9. The summed E-state index contributed by atoms with van der Waals surface area (Å²) in [7, 11) is 1.86. The number of para-hydroxylation sites is 1. The third kappa shape index (κ3) is 5.30. The molecule has 198 valence electrons. The van der Waals surface area contributed by atoms with Gasteiger partial charge in [0.05, 0.1) is 30.2 Å². The third-order valence-corrected chi connectivity index (χ3v) is 7.10. The zero-order valence-electron chi connectivity index (χ0n) is 21.4. The van der Waals surface area contributed by atoms with Crippen molar-refractivity contribution in [2.45, 2.75) is 25.6 Å². The van der Waals surface area contributed by atoms with Crippen LogP contribution in [0, 0.1) is 6.92 Å². The summed E-state index contributed by atoms with van der Waals surface area (Å²) in [5.41, 5.74) is 5.08. The highest BCUT2D eigenvalue weighted by atomic mass is 32.1. The number of anilines is 1. The van der Waals surface area contributed by atoms with Gasteiger partial charge in [-0.25, -0.2) is 9.48 Å². The van der Waals surface area contributed by atoms with E-state index in [9.17, 15) is 4.79 Å². The normalized spacial score (nSPS) is 17.4. The number of benzene rings is 2. The molecule has 0 radical (unpaired) electrons. The van der Waals surface area contributed by atoms with Crippen molar-refractivity contribution in [2.24, 2.45) is 7.05 Å². The molecule has 6 rings (SSSR count). The van der Waals surface area contributed by atoms with Crippen molar-refractivity contribution in [3.8, 4) is 16.9 Å². The summed E-state index contributed by atoms with van der Waals surface area (Å²) in [6.45, 7) is 2.91. The summed E-state index contributed by atoms with van der Waals surface area (Å²) in [4.78, 5) is 19.7. The van der Waals surface area contributed by atoms with Gasteiger partial charge in [-0.15, -0.1) is 5.10 Å². The lowest BCUT2D eigenvalue weighted by atomic mass is 10.0. The van der Waals surface area contributed by atoms with Gasteiger partial charge >= 0.3 is 6.03 Å². The van der Waals surface area contributed by atoms with Crippen molar-refractivity contribution in [1.29, 1.82) is 0 Å². The van der Waals surface area contributed by atoms with Crippen molar-refractivity contribution >= 4 is 23.4 Å². The lowest BCUT2D eigenvalue weighted by molar-refractivity contribution is -0.155. The van der Waals surface area contributed by atoms with Gasteiger partial charge in [0.2, 0.25) is 0 Å². The van der Waals surface area contributed by atoms with Gasteiger partial charge < -0.3 is 5.32 Å². The second kappa shape index (κ2) is 10.8. The Kier molecular flexibility index (Phi) is 6.88. The van der Waals surface area contributed by atoms with Crippen molar-refractivity contribution in [2.75, 3.05) is 11.9 Å². The Hall–Kier alpha value is -4.39. The third-order valence-electron chi connectivity index (χ3n) is 6.55. The number of hydroxylamine groups is 2. The monoisotopic (exact) mass is 541 g/mol. The molecule has 5 aromatic rings. The summed E-state index contributed by atoms with van der Waals surface area (Å²) in [5, 5.41) is 23.2. The molecule has 1 saturated heterocycles. The first-order valence-electron chi connectivity index (χ1n) is 12.5.